The third-order valence-electron chi connectivity index (χ3n) is 2.05. The minimum Gasteiger partial charge on any atom is -0.462 e. The van der Waals surface area contributed by atoms with Gasteiger partial charge in [0.25, 0.3) is 0 Å². The van der Waals surface area contributed by atoms with E-state index in [1.807, 2.05) is 0 Å². The Labute approximate surface area is 96.1 Å². The van der Waals surface area contributed by atoms with Crippen molar-refractivity contribution in [3.8, 4) is 0 Å². The van der Waals surface area contributed by atoms with Crippen LogP contribution in [-0.2, 0) is 14.3 Å². The zero-order chi connectivity index (χ0) is 11.7. The molecule has 15 heavy (non-hydrogen) atoms. The molecule has 0 rings (SSSR count). The lowest BCUT2D eigenvalue weighted by atomic mass is 10.1. The Bertz CT molecular complexity index is 198. The quantitative estimate of drug-likeness (QED) is 0.479. The highest BCUT2D eigenvalue weighted by Crippen LogP contribution is 2.11. The summed E-state index contributed by atoms with van der Waals surface area (Å²) in [5, 5.41) is -0.491. The van der Waals surface area contributed by atoms with Gasteiger partial charge in [-0.05, 0) is 24.4 Å². The predicted molar refractivity (Wildman–Crippen MR) is 59.8 cm³/mol. The maximum absolute atomic E-state index is 11.3. The fourth-order valence-electron chi connectivity index (χ4n) is 1.35. The van der Waals surface area contributed by atoms with Gasteiger partial charge in [0.15, 0.2) is 0 Å². The van der Waals surface area contributed by atoms with Crippen molar-refractivity contribution in [2.75, 3.05) is 0 Å². The topological polar surface area (TPSA) is 43.4 Å². The maximum Gasteiger partial charge on any atom is 0.306 e. The molecule has 0 N–H and O–H groups in total. The van der Waals surface area contributed by atoms with Crippen LogP contribution in [0.5, 0.6) is 0 Å². The van der Waals surface area contributed by atoms with Gasteiger partial charge in [-0.25, -0.2) is 0 Å². The lowest BCUT2D eigenvalue weighted by molar-refractivity contribution is -0.150. The molecule has 0 unspecified atom stereocenters. The smallest absolute Gasteiger partial charge is 0.306 e. The van der Waals surface area contributed by atoms with Gasteiger partial charge < -0.3 is 4.74 Å². The van der Waals surface area contributed by atoms with E-state index >= 15 is 0 Å². The van der Waals surface area contributed by atoms with Crippen molar-refractivity contribution in [1.82, 2.24) is 0 Å². The van der Waals surface area contributed by atoms with E-state index in [1.165, 1.54) is 0 Å². The third kappa shape index (κ3) is 8.43. The highest BCUT2D eigenvalue weighted by molar-refractivity contribution is 6.63. The van der Waals surface area contributed by atoms with E-state index in [2.05, 4.69) is 13.8 Å². The highest BCUT2D eigenvalue weighted by Gasteiger charge is 2.13. The first-order valence-electron chi connectivity index (χ1n) is 5.47. The van der Waals surface area contributed by atoms with E-state index in [0.717, 1.165) is 25.7 Å². The number of esters is 1. The molecule has 0 aliphatic heterocycles. The third-order valence-corrected chi connectivity index (χ3v) is 2.23. The molecule has 0 aromatic heterocycles. The number of hydrogen-bond acceptors (Lipinski definition) is 3. The average Bonchev–Trinajstić information content (AvgIpc) is 2.15. The summed E-state index contributed by atoms with van der Waals surface area (Å²) in [6.45, 7) is 4.11. The molecule has 0 aliphatic carbocycles. The van der Waals surface area contributed by atoms with Crippen LogP contribution < -0.4 is 0 Å². The normalized spacial score (nSPS) is 10.4. The van der Waals surface area contributed by atoms with Crippen LogP contribution in [-0.4, -0.2) is 17.3 Å². The van der Waals surface area contributed by atoms with Crippen LogP contribution in [0.25, 0.3) is 0 Å². The molecule has 0 saturated carbocycles. The van der Waals surface area contributed by atoms with Crippen molar-refractivity contribution < 1.29 is 14.3 Å². The summed E-state index contributed by atoms with van der Waals surface area (Å²) in [6, 6.07) is 0. The summed E-state index contributed by atoms with van der Waals surface area (Å²) in [7, 11) is 0. The fourth-order valence-corrected chi connectivity index (χ4v) is 1.45. The molecule has 4 heteroatoms. The van der Waals surface area contributed by atoms with Crippen molar-refractivity contribution >= 4 is 22.8 Å². The van der Waals surface area contributed by atoms with Gasteiger partial charge in [-0.2, -0.15) is 0 Å². The zero-order valence-corrected chi connectivity index (χ0v) is 10.2. The van der Waals surface area contributed by atoms with Gasteiger partial charge in [-0.1, -0.05) is 26.7 Å². The molecule has 0 heterocycles. The van der Waals surface area contributed by atoms with Gasteiger partial charge in [0.1, 0.15) is 6.10 Å². The first-order chi connectivity index (χ1) is 7.10. The molecule has 3 nitrogen and oxygen atoms in total. The standard InChI is InChI=1S/C11H19ClO3/c1-3-5-9(6-4-2)15-11(14)8-7-10(12)13/h9H,3-8H2,1-2H3. The molecule has 0 spiro atoms. The summed E-state index contributed by atoms with van der Waals surface area (Å²) < 4.78 is 5.23. The van der Waals surface area contributed by atoms with Crippen LogP contribution in [0.15, 0.2) is 0 Å². The van der Waals surface area contributed by atoms with E-state index < -0.39 is 5.24 Å². The van der Waals surface area contributed by atoms with Gasteiger partial charge in [0.05, 0.1) is 6.42 Å². The Kier molecular flexibility index (Phi) is 8.38. The second-order valence-electron chi connectivity index (χ2n) is 3.54. The van der Waals surface area contributed by atoms with E-state index in [4.69, 9.17) is 16.3 Å². The first-order valence-corrected chi connectivity index (χ1v) is 5.85. The summed E-state index contributed by atoms with van der Waals surface area (Å²) in [5.74, 6) is -0.323. The molecule has 0 atom stereocenters. The Morgan fingerprint density at radius 3 is 2.07 bits per heavy atom. The van der Waals surface area contributed by atoms with Crippen LogP contribution in [0.1, 0.15) is 52.4 Å². The number of hydrogen-bond donors (Lipinski definition) is 0. The lowest BCUT2D eigenvalue weighted by Gasteiger charge is -2.16. The lowest BCUT2D eigenvalue weighted by Crippen LogP contribution is -2.18. The monoisotopic (exact) mass is 234 g/mol. The molecule has 0 saturated heterocycles. The van der Waals surface area contributed by atoms with Crippen LogP contribution in [0.3, 0.4) is 0 Å². The van der Waals surface area contributed by atoms with Gasteiger partial charge in [0.2, 0.25) is 5.24 Å². The minimum atomic E-state index is -0.491. The fraction of sp³-hybridized carbons (Fsp3) is 0.818. The Hall–Kier alpha value is -0.570. The molecule has 0 fully saturated rings. The number of rotatable bonds is 8. The second-order valence-corrected chi connectivity index (χ2v) is 3.97. The summed E-state index contributed by atoms with van der Waals surface area (Å²) >= 11 is 5.13. The summed E-state index contributed by atoms with van der Waals surface area (Å²) in [5.41, 5.74) is 0. The molecule has 88 valence electrons. The molecular weight excluding hydrogens is 216 g/mol. The van der Waals surface area contributed by atoms with Crippen LogP contribution in [0, 0.1) is 0 Å². The SMILES string of the molecule is CCCC(CCC)OC(=O)CCC(=O)Cl. The molecule has 0 aromatic rings. The largest absolute Gasteiger partial charge is 0.462 e. The van der Waals surface area contributed by atoms with Crippen molar-refractivity contribution in [3.63, 3.8) is 0 Å². The summed E-state index contributed by atoms with van der Waals surface area (Å²) in [4.78, 5) is 21.7. The molecule has 0 bridgehead atoms. The van der Waals surface area contributed by atoms with Crippen molar-refractivity contribution in [2.45, 2.75) is 58.5 Å². The molecule has 0 aromatic carbocycles. The molecule has 0 amide bonds. The van der Waals surface area contributed by atoms with Crippen LogP contribution in [0.2, 0.25) is 0 Å². The minimum absolute atomic E-state index is 0.00192. The Balaban J connectivity index is 3.82. The van der Waals surface area contributed by atoms with Gasteiger partial charge in [-0.15, -0.1) is 0 Å². The first kappa shape index (κ1) is 14.4. The van der Waals surface area contributed by atoms with Gasteiger partial charge in [-0.3, -0.25) is 9.59 Å². The van der Waals surface area contributed by atoms with Crippen molar-refractivity contribution in [2.24, 2.45) is 0 Å². The van der Waals surface area contributed by atoms with Crippen LogP contribution in [0.4, 0.5) is 0 Å². The molecule has 0 radical (unpaired) electrons. The summed E-state index contributed by atoms with van der Waals surface area (Å²) in [6.07, 6.45) is 3.90. The van der Waals surface area contributed by atoms with Crippen molar-refractivity contribution in [3.05, 3.63) is 0 Å². The number of ether oxygens (including phenoxy) is 1. The average molecular weight is 235 g/mol. The Morgan fingerprint density at radius 2 is 1.67 bits per heavy atom. The van der Waals surface area contributed by atoms with E-state index in [9.17, 15) is 9.59 Å². The van der Waals surface area contributed by atoms with E-state index in [0.29, 0.717) is 0 Å². The van der Waals surface area contributed by atoms with E-state index in [-0.39, 0.29) is 24.9 Å². The van der Waals surface area contributed by atoms with E-state index in [1.54, 1.807) is 0 Å². The maximum atomic E-state index is 11.3. The van der Waals surface area contributed by atoms with Gasteiger partial charge >= 0.3 is 5.97 Å². The second kappa shape index (κ2) is 8.72. The van der Waals surface area contributed by atoms with Gasteiger partial charge in [0, 0.05) is 6.42 Å². The molecule has 0 aliphatic rings. The number of carbonyl (C=O) groups is 2. The Morgan fingerprint density at radius 1 is 1.13 bits per heavy atom. The van der Waals surface area contributed by atoms with Crippen LogP contribution >= 0.6 is 11.6 Å². The number of halogens is 1. The zero-order valence-electron chi connectivity index (χ0n) is 9.42. The molecular formula is C11H19ClO3. The van der Waals surface area contributed by atoms with Crippen molar-refractivity contribution in [1.29, 1.82) is 0 Å². The number of carbonyl (C=O) groups excluding carboxylic acids is 2. The highest BCUT2D eigenvalue weighted by atomic mass is 35.5. The predicted octanol–water partition coefficient (Wildman–Crippen LogP) is 3.04.